The monoisotopic (exact) mass is 298 g/mol. The molecule has 0 atom stereocenters. The zero-order valence-electron chi connectivity index (χ0n) is 12.9. The van der Waals surface area contributed by atoms with Crippen LogP contribution in [0.2, 0.25) is 0 Å². The average molecular weight is 298 g/mol. The Labute approximate surface area is 130 Å². The molecule has 0 bridgehead atoms. The molecule has 2 heterocycles. The fourth-order valence-corrected chi connectivity index (χ4v) is 2.90. The van der Waals surface area contributed by atoms with E-state index in [9.17, 15) is 4.79 Å². The van der Waals surface area contributed by atoms with Crippen LogP contribution in [0.1, 0.15) is 30.0 Å². The molecule has 0 radical (unpaired) electrons. The molecule has 0 spiro atoms. The molecule has 4 heteroatoms. The van der Waals surface area contributed by atoms with Gasteiger partial charge in [0.25, 0.3) is 5.56 Å². The van der Waals surface area contributed by atoms with Gasteiger partial charge in [0, 0.05) is 12.2 Å². The summed E-state index contributed by atoms with van der Waals surface area (Å²) in [5, 5.41) is 3.32. The van der Waals surface area contributed by atoms with E-state index < -0.39 is 0 Å². The zero-order valence-corrected chi connectivity index (χ0v) is 12.9. The van der Waals surface area contributed by atoms with Crippen LogP contribution in [0.25, 0.3) is 0 Å². The van der Waals surface area contributed by atoms with Gasteiger partial charge in [0.05, 0.1) is 0 Å². The van der Waals surface area contributed by atoms with Crippen LogP contribution < -0.4 is 15.6 Å². The summed E-state index contributed by atoms with van der Waals surface area (Å²) >= 11 is 0. The van der Waals surface area contributed by atoms with Crippen LogP contribution in [0, 0.1) is 6.92 Å². The molecule has 1 N–H and O–H groups in total. The molecular weight excluding hydrogens is 276 g/mol. The third-order valence-corrected chi connectivity index (χ3v) is 4.29. The Kier molecular flexibility index (Phi) is 4.59. The standard InChI is InChI=1S/C18H22N2O2/c1-14-5-2-3-6-15(14)13-22-17-7-4-12-20(18(17)21)16-8-10-19-11-9-16/h2-7,12,16,19H,8-11,13H2,1H3. The summed E-state index contributed by atoms with van der Waals surface area (Å²) < 4.78 is 7.61. The molecule has 0 unspecified atom stereocenters. The topological polar surface area (TPSA) is 43.3 Å². The van der Waals surface area contributed by atoms with Crippen molar-refractivity contribution >= 4 is 0 Å². The van der Waals surface area contributed by atoms with Crippen LogP contribution in [0.3, 0.4) is 0 Å². The number of pyridine rings is 1. The highest BCUT2D eigenvalue weighted by Gasteiger charge is 2.17. The third kappa shape index (κ3) is 3.22. The van der Waals surface area contributed by atoms with Crippen LogP contribution in [-0.2, 0) is 6.61 Å². The summed E-state index contributed by atoms with van der Waals surface area (Å²) in [6.07, 6.45) is 3.85. The molecule has 1 aliphatic rings. The van der Waals surface area contributed by atoms with E-state index in [1.807, 2.05) is 35.0 Å². The molecule has 1 fully saturated rings. The Morgan fingerprint density at radius 3 is 2.73 bits per heavy atom. The van der Waals surface area contributed by atoms with Gasteiger partial charge in [0.2, 0.25) is 0 Å². The summed E-state index contributed by atoms with van der Waals surface area (Å²) in [6, 6.07) is 12.0. The summed E-state index contributed by atoms with van der Waals surface area (Å²) in [7, 11) is 0. The van der Waals surface area contributed by atoms with Gasteiger partial charge in [-0.3, -0.25) is 4.79 Å². The number of aryl methyl sites for hydroxylation is 1. The van der Waals surface area contributed by atoms with E-state index in [0.29, 0.717) is 12.4 Å². The minimum absolute atomic E-state index is 0.0250. The van der Waals surface area contributed by atoms with E-state index in [2.05, 4.69) is 18.3 Å². The maximum atomic E-state index is 12.6. The Morgan fingerprint density at radius 1 is 1.18 bits per heavy atom. The quantitative estimate of drug-likeness (QED) is 0.943. The van der Waals surface area contributed by atoms with Crippen LogP contribution in [-0.4, -0.2) is 17.7 Å². The van der Waals surface area contributed by atoms with Crippen molar-refractivity contribution in [3.8, 4) is 5.75 Å². The molecule has 1 aromatic carbocycles. The second kappa shape index (κ2) is 6.79. The van der Waals surface area contributed by atoms with Crippen molar-refractivity contribution in [3.05, 3.63) is 64.1 Å². The number of rotatable bonds is 4. The summed E-state index contributed by atoms with van der Waals surface area (Å²) in [4.78, 5) is 12.6. The number of aromatic nitrogens is 1. The number of nitrogens with zero attached hydrogens (tertiary/aromatic N) is 1. The lowest BCUT2D eigenvalue weighted by atomic mass is 10.1. The predicted molar refractivity (Wildman–Crippen MR) is 87.4 cm³/mol. The van der Waals surface area contributed by atoms with Crippen molar-refractivity contribution in [2.45, 2.75) is 32.4 Å². The Balaban J connectivity index is 1.77. The minimum Gasteiger partial charge on any atom is -0.483 e. The van der Waals surface area contributed by atoms with Crippen molar-refractivity contribution in [1.82, 2.24) is 9.88 Å². The first-order valence-corrected chi connectivity index (χ1v) is 7.85. The Hall–Kier alpha value is -2.07. The maximum absolute atomic E-state index is 12.6. The molecule has 3 rings (SSSR count). The average Bonchev–Trinajstić information content (AvgIpc) is 2.56. The smallest absolute Gasteiger partial charge is 0.293 e. The van der Waals surface area contributed by atoms with Crippen LogP contribution in [0.15, 0.2) is 47.4 Å². The molecule has 1 aliphatic heterocycles. The van der Waals surface area contributed by atoms with E-state index in [1.165, 1.54) is 5.56 Å². The predicted octanol–water partition coefficient (Wildman–Crippen LogP) is 2.66. The molecule has 116 valence electrons. The number of ether oxygens (including phenoxy) is 1. The zero-order chi connectivity index (χ0) is 15.4. The lowest BCUT2D eigenvalue weighted by Gasteiger charge is -2.25. The van der Waals surface area contributed by atoms with Gasteiger partial charge in [-0.05, 0) is 56.1 Å². The maximum Gasteiger partial charge on any atom is 0.293 e. The highest BCUT2D eigenvalue weighted by Crippen LogP contribution is 2.18. The van der Waals surface area contributed by atoms with Gasteiger partial charge in [0.15, 0.2) is 5.75 Å². The third-order valence-electron chi connectivity index (χ3n) is 4.29. The molecule has 1 saturated heterocycles. The van der Waals surface area contributed by atoms with Gasteiger partial charge in [-0.15, -0.1) is 0 Å². The summed E-state index contributed by atoms with van der Waals surface area (Å²) in [5.41, 5.74) is 2.26. The molecular formula is C18H22N2O2. The normalized spacial score (nSPS) is 15.7. The number of hydrogen-bond donors (Lipinski definition) is 1. The minimum atomic E-state index is -0.0250. The van der Waals surface area contributed by atoms with Crippen molar-refractivity contribution in [1.29, 1.82) is 0 Å². The highest BCUT2D eigenvalue weighted by atomic mass is 16.5. The summed E-state index contributed by atoms with van der Waals surface area (Å²) in [5.74, 6) is 0.435. The molecule has 0 aliphatic carbocycles. The Morgan fingerprint density at radius 2 is 1.95 bits per heavy atom. The largest absolute Gasteiger partial charge is 0.483 e. The van der Waals surface area contributed by atoms with Crippen LogP contribution in [0.4, 0.5) is 0 Å². The van der Waals surface area contributed by atoms with E-state index in [4.69, 9.17) is 4.74 Å². The fourth-order valence-electron chi connectivity index (χ4n) is 2.90. The summed E-state index contributed by atoms with van der Waals surface area (Å²) in [6.45, 7) is 4.41. The van der Waals surface area contributed by atoms with E-state index >= 15 is 0 Å². The number of nitrogens with one attached hydrogen (secondary N) is 1. The van der Waals surface area contributed by atoms with E-state index in [-0.39, 0.29) is 11.6 Å². The first-order valence-electron chi connectivity index (χ1n) is 7.85. The number of hydrogen-bond acceptors (Lipinski definition) is 3. The van der Waals surface area contributed by atoms with Crippen molar-refractivity contribution < 1.29 is 4.74 Å². The molecule has 22 heavy (non-hydrogen) atoms. The molecule has 2 aromatic rings. The van der Waals surface area contributed by atoms with Crippen molar-refractivity contribution in [2.24, 2.45) is 0 Å². The first-order chi connectivity index (χ1) is 10.8. The van der Waals surface area contributed by atoms with Crippen LogP contribution in [0.5, 0.6) is 5.75 Å². The highest BCUT2D eigenvalue weighted by molar-refractivity contribution is 5.26. The van der Waals surface area contributed by atoms with Crippen LogP contribution >= 0.6 is 0 Å². The molecule has 0 amide bonds. The second-order valence-corrected chi connectivity index (χ2v) is 5.78. The molecule has 1 aromatic heterocycles. The van der Waals surface area contributed by atoms with Gasteiger partial charge < -0.3 is 14.6 Å². The first kappa shape index (κ1) is 14.9. The van der Waals surface area contributed by atoms with E-state index in [1.54, 1.807) is 6.07 Å². The SMILES string of the molecule is Cc1ccccc1COc1cccn(C2CCNCC2)c1=O. The van der Waals surface area contributed by atoms with Crippen molar-refractivity contribution in [2.75, 3.05) is 13.1 Å². The van der Waals surface area contributed by atoms with Gasteiger partial charge >= 0.3 is 0 Å². The second-order valence-electron chi connectivity index (χ2n) is 5.78. The van der Waals surface area contributed by atoms with Gasteiger partial charge in [-0.1, -0.05) is 24.3 Å². The fraction of sp³-hybridized carbons (Fsp3) is 0.389. The van der Waals surface area contributed by atoms with E-state index in [0.717, 1.165) is 31.5 Å². The van der Waals surface area contributed by atoms with Gasteiger partial charge in [-0.25, -0.2) is 0 Å². The number of benzene rings is 1. The number of piperidine rings is 1. The lowest BCUT2D eigenvalue weighted by molar-refractivity contribution is 0.290. The lowest BCUT2D eigenvalue weighted by Crippen LogP contribution is -2.34. The van der Waals surface area contributed by atoms with Gasteiger partial charge in [0.1, 0.15) is 6.61 Å². The molecule has 0 saturated carbocycles. The molecule has 4 nitrogen and oxygen atoms in total. The van der Waals surface area contributed by atoms with Gasteiger partial charge in [-0.2, -0.15) is 0 Å². The Bertz CT molecular complexity index is 687. The van der Waals surface area contributed by atoms with Crippen molar-refractivity contribution in [3.63, 3.8) is 0 Å².